The molecule has 3 saturated heterocycles. The lowest BCUT2D eigenvalue weighted by atomic mass is 9.97. The summed E-state index contributed by atoms with van der Waals surface area (Å²) < 4.78 is 11.6. The molecule has 0 spiro atoms. The number of carbonyl (C=O) groups is 1. The molecule has 6 atom stereocenters. The quantitative estimate of drug-likeness (QED) is 0.580. The van der Waals surface area contributed by atoms with Crippen LogP contribution in [0.5, 0.6) is 0 Å². The normalized spacial score (nSPS) is 33.1. The second-order valence-electron chi connectivity index (χ2n) is 7.47. The minimum atomic E-state index is -0.595. The fourth-order valence-electron chi connectivity index (χ4n) is 4.57. The van der Waals surface area contributed by atoms with Crippen LogP contribution in [0.1, 0.15) is 44.1 Å². The summed E-state index contributed by atoms with van der Waals surface area (Å²) in [6, 6.07) is 10.2. The van der Waals surface area contributed by atoms with Crippen LogP contribution in [0, 0.1) is 0 Å². The number of fused-ring (bicyclic) bond motifs is 5. The predicted molar refractivity (Wildman–Crippen MR) is 100 cm³/mol. The van der Waals surface area contributed by atoms with Gasteiger partial charge in [0, 0.05) is 24.9 Å². The van der Waals surface area contributed by atoms with Crippen molar-refractivity contribution >= 4 is 18.4 Å². The summed E-state index contributed by atoms with van der Waals surface area (Å²) in [5.41, 5.74) is 0.810. The van der Waals surface area contributed by atoms with Crippen molar-refractivity contribution in [1.29, 1.82) is 0 Å². The average Bonchev–Trinajstić information content (AvgIpc) is 3.38. The first-order valence-electron chi connectivity index (χ1n) is 9.50. The fraction of sp³-hybridized carbons (Fsp3) is 0.650. The smallest absolute Gasteiger partial charge is 0.316 e. The SMILES string of the molecule is CCCCN1[C@@H]2CC(OC(=O)[C@H](CO)c3ccccc3)C[C@H]1[C@@H]1O[C@@H]12.Cl. The third kappa shape index (κ3) is 3.63. The zero-order valence-corrected chi connectivity index (χ0v) is 15.9. The van der Waals surface area contributed by atoms with Gasteiger partial charge in [0.15, 0.2) is 0 Å². The lowest BCUT2D eigenvalue weighted by molar-refractivity contribution is -0.157. The first-order chi connectivity index (χ1) is 12.2. The summed E-state index contributed by atoms with van der Waals surface area (Å²) in [6.07, 6.45) is 4.72. The van der Waals surface area contributed by atoms with Crippen LogP contribution in [0.4, 0.5) is 0 Å². The number of morpholine rings is 1. The van der Waals surface area contributed by atoms with Crippen LogP contribution < -0.4 is 0 Å². The molecule has 2 bridgehead atoms. The van der Waals surface area contributed by atoms with E-state index in [2.05, 4.69) is 11.8 Å². The van der Waals surface area contributed by atoms with Gasteiger partial charge in [-0.15, -0.1) is 12.4 Å². The van der Waals surface area contributed by atoms with Gasteiger partial charge in [0.05, 0.1) is 6.61 Å². The number of aliphatic hydroxyl groups is 1. The first kappa shape index (κ1) is 19.6. The first-order valence-corrected chi connectivity index (χ1v) is 9.50. The van der Waals surface area contributed by atoms with Crippen LogP contribution >= 0.6 is 12.4 Å². The van der Waals surface area contributed by atoms with E-state index in [-0.39, 0.29) is 31.1 Å². The monoisotopic (exact) mass is 381 g/mol. The number of aliphatic hydroxyl groups excluding tert-OH is 1. The number of epoxide rings is 1. The molecular weight excluding hydrogens is 354 g/mol. The van der Waals surface area contributed by atoms with Crippen LogP contribution in [0.25, 0.3) is 0 Å². The molecule has 0 aromatic heterocycles. The lowest BCUT2D eigenvalue weighted by Crippen LogP contribution is -2.50. The Morgan fingerprint density at radius 2 is 1.92 bits per heavy atom. The molecule has 0 aliphatic carbocycles. The molecule has 0 saturated carbocycles. The molecule has 1 aromatic carbocycles. The van der Waals surface area contributed by atoms with Gasteiger partial charge in [-0.2, -0.15) is 0 Å². The van der Waals surface area contributed by atoms with E-state index in [9.17, 15) is 9.90 Å². The van der Waals surface area contributed by atoms with Gasteiger partial charge in [-0.3, -0.25) is 9.69 Å². The summed E-state index contributed by atoms with van der Waals surface area (Å²) >= 11 is 0. The third-order valence-electron chi connectivity index (χ3n) is 5.90. The third-order valence-corrected chi connectivity index (χ3v) is 5.90. The van der Waals surface area contributed by atoms with Crippen LogP contribution in [0.3, 0.4) is 0 Å². The van der Waals surface area contributed by atoms with Crippen molar-refractivity contribution in [1.82, 2.24) is 4.90 Å². The van der Waals surface area contributed by atoms with E-state index in [0.29, 0.717) is 24.3 Å². The Morgan fingerprint density at radius 3 is 2.50 bits per heavy atom. The minimum absolute atomic E-state index is 0. The van der Waals surface area contributed by atoms with Gasteiger partial charge < -0.3 is 14.6 Å². The molecule has 3 aliphatic rings. The van der Waals surface area contributed by atoms with Gasteiger partial charge in [-0.05, 0) is 18.5 Å². The number of halogens is 1. The molecule has 1 unspecified atom stereocenters. The highest BCUT2D eigenvalue weighted by atomic mass is 35.5. The van der Waals surface area contributed by atoms with E-state index < -0.39 is 5.92 Å². The highest BCUT2D eigenvalue weighted by Crippen LogP contribution is 2.49. The van der Waals surface area contributed by atoms with Gasteiger partial charge in [0.25, 0.3) is 0 Å². The standard InChI is InChI=1S/C20H27NO4.ClH/c1-2-3-9-21-16-10-14(11-17(21)19-18(16)25-19)24-20(23)15(12-22)13-7-5-4-6-8-13;/h4-8,14-19,22H,2-3,9-12H2,1H3;1H/t14?,15-,16-,17+,18-,19+;/m1./s1. The number of esters is 1. The van der Waals surface area contributed by atoms with Gasteiger partial charge >= 0.3 is 5.97 Å². The Labute approximate surface area is 161 Å². The van der Waals surface area contributed by atoms with E-state index in [1.807, 2.05) is 30.3 Å². The number of rotatable bonds is 7. The van der Waals surface area contributed by atoms with Gasteiger partial charge in [-0.25, -0.2) is 0 Å². The Morgan fingerprint density at radius 1 is 1.27 bits per heavy atom. The highest BCUT2D eigenvalue weighted by Gasteiger charge is 2.63. The summed E-state index contributed by atoms with van der Waals surface area (Å²) in [5.74, 6) is -0.905. The summed E-state index contributed by atoms with van der Waals surface area (Å²) in [6.45, 7) is 3.11. The summed E-state index contributed by atoms with van der Waals surface area (Å²) in [7, 11) is 0. The van der Waals surface area contributed by atoms with Gasteiger partial charge in [-0.1, -0.05) is 43.7 Å². The molecule has 1 aromatic rings. The number of piperidine rings is 1. The Kier molecular flexibility index (Phi) is 6.23. The number of benzene rings is 1. The van der Waals surface area contributed by atoms with E-state index >= 15 is 0 Å². The molecule has 3 fully saturated rings. The molecule has 3 aliphatic heterocycles. The van der Waals surface area contributed by atoms with Crippen molar-refractivity contribution in [2.45, 2.75) is 68.9 Å². The molecule has 0 radical (unpaired) electrons. The largest absolute Gasteiger partial charge is 0.462 e. The number of carbonyl (C=O) groups excluding carboxylic acids is 1. The fourth-order valence-corrected chi connectivity index (χ4v) is 4.57. The molecule has 6 heteroatoms. The number of nitrogens with zero attached hydrogens (tertiary/aromatic N) is 1. The van der Waals surface area contributed by atoms with Crippen LogP contribution in [0.15, 0.2) is 30.3 Å². The maximum absolute atomic E-state index is 12.6. The van der Waals surface area contributed by atoms with Crippen molar-refractivity contribution in [3.8, 4) is 0 Å². The van der Waals surface area contributed by atoms with Crippen molar-refractivity contribution < 1.29 is 19.4 Å². The minimum Gasteiger partial charge on any atom is -0.462 e. The van der Waals surface area contributed by atoms with Crippen molar-refractivity contribution in [2.24, 2.45) is 0 Å². The number of ether oxygens (including phenoxy) is 2. The zero-order chi connectivity index (χ0) is 17.4. The van der Waals surface area contributed by atoms with Crippen LogP contribution in [-0.4, -0.2) is 59.5 Å². The predicted octanol–water partition coefficient (Wildman–Crippen LogP) is 2.51. The molecule has 3 heterocycles. The molecule has 144 valence electrons. The van der Waals surface area contributed by atoms with Crippen LogP contribution in [-0.2, 0) is 14.3 Å². The van der Waals surface area contributed by atoms with Gasteiger partial charge in [0.1, 0.15) is 24.2 Å². The topological polar surface area (TPSA) is 62.3 Å². The maximum Gasteiger partial charge on any atom is 0.316 e. The van der Waals surface area contributed by atoms with E-state index in [1.54, 1.807) is 0 Å². The summed E-state index contributed by atoms with van der Waals surface area (Å²) in [4.78, 5) is 15.2. The highest BCUT2D eigenvalue weighted by molar-refractivity contribution is 5.85. The summed E-state index contributed by atoms with van der Waals surface area (Å²) in [5, 5.41) is 9.65. The average molecular weight is 382 g/mol. The second-order valence-corrected chi connectivity index (χ2v) is 7.47. The number of hydrogen-bond donors (Lipinski definition) is 1. The molecule has 26 heavy (non-hydrogen) atoms. The molecule has 4 rings (SSSR count). The van der Waals surface area contributed by atoms with Crippen molar-refractivity contribution in [3.63, 3.8) is 0 Å². The molecule has 0 amide bonds. The Balaban J connectivity index is 0.00000196. The lowest BCUT2D eigenvalue weighted by Gasteiger charge is -2.40. The zero-order valence-electron chi connectivity index (χ0n) is 15.1. The van der Waals surface area contributed by atoms with Gasteiger partial charge in [0.2, 0.25) is 0 Å². The number of unbranched alkanes of at least 4 members (excludes halogenated alkanes) is 1. The van der Waals surface area contributed by atoms with Crippen molar-refractivity contribution in [2.75, 3.05) is 13.2 Å². The van der Waals surface area contributed by atoms with E-state index in [1.165, 1.54) is 12.8 Å². The Hall–Kier alpha value is -1.14. The molecule has 5 nitrogen and oxygen atoms in total. The van der Waals surface area contributed by atoms with Crippen molar-refractivity contribution in [3.05, 3.63) is 35.9 Å². The van der Waals surface area contributed by atoms with E-state index in [4.69, 9.17) is 9.47 Å². The Bertz CT molecular complexity index is 595. The van der Waals surface area contributed by atoms with E-state index in [0.717, 1.165) is 24.9 Å². The molecule has 1 N–H and O–H groups in total. The maximum atomic E-state index is 12.6. The second kappa shape index (κ2) is 8.26. The van der Waals surface area contributed by atoms with Crippen LogP contribution in [0.2, 0.25) is 0 Å². The number of hydrogen-bond acceptors (Lipinski definition) is 5. The molecular formula is C20H28ClNO4.